The van der Waals surface area contributed by atoms with Gasteiger partial charge < -0.3 is 25.0 Å². The predicted molar refractivity (Wildman–Crippen MR) is 117 cm³/mol. The van der Waals surface area contributed by atoms with E-state index in [0.29, 0.717) is 19.5 Å². The highest BCUT2D eigenvalue weighted by atomic mass is 35.5. The van der Waals surface area contributed by atoms with Crippen LogP contribution in [0.4, 0.5) is 4.39 Å². The molecule has 32 heavy (non-hydrogen) atoms. The number of amides is 2. The molecule has 2 aliphatic rings. The van der Waals surface area contributed by atoms with Gasteiger partial charge in [0.15, 0.2) is 11.4 Å². The van der Waals surface area contributed by atoms with Gasteiger partial charge in [0, 0.05) is 43.9 Å². The summed E-state index contributed by atoms with van der Waals surface area (Å²) in [5.74, 6) is -3.00. The first-order valence-electron chi connectivity index (χ1n) is 9.85. The largest absolute Gasteiger partial charge is 0.503 e. The van der Waals surface area contributed by atoms with Crippen LogP contribution in [0.25, 0.3) is 0 Å². The number of likely N-dealkylation sites (N-methyl/N-ethyl adjacent to an activating group) is 1. The molecular formula is C21H22Cl2FN3O5. The lowest BCUT2D eigenvalue weighted by molar-refractivity contribution is 0.0630. The molecule has 0 unspecified atom stereocenters. The third-order valence-electron chi connectivity index (χ3n) is 6.13. The summed E-state index contributed by atoms with van der Waals surface area (Å²) in [4.78, 5) is 39.7. The van der Waals surface area contributed by atoms with Crippen LogP contribution in [0, 0.1) is 11.7 Å². The number of benzene rings is 1. The number of rotatable bonds is 5. The Hall–Kier alpha value is -2.62. The first-order chi connectivity index (χ1) is 14.7. The number of pyridine rings is 1. The van der Waals surface area contributed by atoms with Gasteiger partial charge in [-0.25, -0.2) is 4.39 Å². The predicted octanol–water partition coefficient (Wildman–Crippen LogP) is 1.88. The van der Waals surface area contributed by atoms with Crippen LogP contribution in [0.5, 0.6) is 5.75 Å². The molecule has 3 N–H and O–H groups in total. The quantitative estimate of drug-likeness (QED) is 0.598. The van der Waals surface area contributed by atoms with Crippen molar-refractivity contribution >= 4 is 35.8 Å². The van der Waals surface area contributed by atoms with E-state index in [-0.39, 0.29) is 53.3 Å². The van der Waals surface area contributed by atoms with E-state index in [9.17, 15) is 29.0 Å². The number of aromatic nitrogens is 1. The van der Waals surface area contributed by atoms with Crippen LogP contribution < -0.4 is 10.7 Å². The smallest absolute Gasteiger partial charge is 0.274 e. The molecule has 0 bridgehead atoms. The molecule has 1 saturated carbocycles. The molecule has 2 amide bonds. The Balaban J connectivity index is 0.00000289. The van der Waals surface area contributed by atoms with Crippen LogP contribution in [0.3, 0.4) is 0 Å². The third-order valence-corrected chi connectivity index (χ3v) is 6.43. The summed E-state index contributed by atoms with van der Waals surface area (Å²) >= 11 is 5.74. The van der Waals surface area contributed by atoms with Gasteiger partial charge in [-0.2, -0.15) is 0 Å². The van der Waals surface area contributed by atoms with E-state index in [1.807, 2.05) is 0 Å². The molecule has 172 valence electrons. The standard InChI is InChI=1S/C21H21ClFN3O5.ClH/c1-2-25-10-21(6-12(21)9-27)26-8-13(17(28)18(29)16(26)20(25)31)19(30)24-7-11-4-3-5-14(22)15(11)23;/h3-5,8,12,27,29H,2,6-7,9-10H2,1H3,(H,24,30);1H/t12-,21+;/m0./s1. The van der Waals surface area contributed by atoms with Crippen LogP contribution in [0.2, 0.25) is 5.02 Å². The minimum atomic E-state index is -0.988. The number of aliphatic hydroxyl groups is 1. The number of carbonyl (C=O) groups excluding carboxylic acids is 2. The number of nitrogens with zero attached hydrogens (tertiary/aromatic N) is 2. The van der Waals surface area contributed by atoms with Gasteiger partial charge in [0.25, 0.3) is 11.8 Å². The van der Waals surface area contributed by atoms with E-state index in [1.54, 1.807) is 6.92 Å². The van der Waals surface area contributed by atoms with Crippen LogP contribution in [0.15, 0.2) is 29.2 Å². The van der Waals surface area contributed by atoms with E-state index < -0.39 is 34.3 Å². The van der Waals surface area contributed by atoms with Gasteiger partial charge in [0.1, 0.15) is 11.4 Å². The molecule has 2 heterocycles. The van der Waals surface area contributed by atoms with Crippen molar-refractivity contribution in [1.82, 2.24) is 14.8 Å². The van der Waals surface area contributed by atoms with Crippen molar-refractivity contribution in [2.45, 2.75) is 25.4 Å². The molecule has 1 aromatic carbocycles. The molecule has 1 aromatic heterocycles. The lowest BCUT2D eigenvalue weighted by Crippen LogP contribution is -2.49. The normalized spacial score (nSPS) is 21.2. The fourth-order valence-electron chi connectivity index (χ4n) is 4.25. The number of halogens is 3. The molecule has 4 rings (SSSR count). The van der Waals surface area contributed by atoms with Crippen molar-refractivity contribution in [1.29, 1.82) is 0 Å². The highest BCUT2D eigenvalue weighted by Gasteiger charge is 2.60. The van der Waals surface area contributed by atoms with Crippen LogP contribution in [-0.4, -0.2) is 51.2 Å². The molecule has 0 radical (unpaired) electrons. The van der Waals surface area contributed by atoms with E-state index in [2.05, 4.69) is 5.32 Å². The highest BCUT2D eigenvalue weighted by Crippen LogP contribution is 2.53. The molecule has 8 nitrogen and oxygen atoms in total. The summed E-state index contributed by atoms with van der Waals surface area (Å²) in [5, 5.41) is 22.6. The maximum atomic E-state index is 14.1. The van der Waals surface area contributed by atoms with Crippen molar-refractivity contribution in [3.8, 4) is 5.75 Å². The number of fused-ring (bicyclic) bond motifs is 2. The van der Waals surface area contributed by atoms with Crippen LogP contribution in [0.1, 0.15) is 39.8 Å². The van der Waals surface area contributed by atoms with E-state index in [4.69, 9.17) is 11.6 Å². The maximum absolute atomic E-state index is 14.1. The van der Waals surface area contributed by atoms with Gasteiger partial charge in [0.2, 0.25) is 5.43 Å². The number of hydrogen-bond donors (Lipinski definition) is 3. The summed E-state index contributed by atoms with van der Waals surface area (Å²) in [6.45, 7) is 2.11. The Bertz CT molecular complexity index is 1150. The molecule has 1 aliphatic carbocycles. The summed E-state index contributed by atoms with van der Waals surface area (Å²) in [7, 11) is 0. The van der Waals surface area contributed by atoms with Crippen molar-refractivity contribution < 1.29 is 24.2 Å². The fourth-order valence-corrected chi connectivity index (χ4v) is 4.44. The number of carbonyl (C=O) groups is 2. The molecule has 1 fully saturated rings. The summed E-state index contributed by atoms with van der Waals surface area (Å²) < 4.78 is 15.5. The average molecular weight is 486 g/mol. The number of aromatic hydroxyl groups is 1. The van der Waals surface area contributed by atoms with Crippen LogP contribution in [-0.2, 0) is 12.1 Å². The Morgan fingerprint density at radius 3 is 2.72 bits per heavy atom. The van der Waals surface area contributed by atoms with Gasteiger partial charge in [-0.1, -0.05) is 23.7 Å². The molecule has 2 atom stereocenters. The van der Waals surface area contributed by atoms with Crippen molar-refractivity contribution in [2.24, 2.45) is 5.92 Å². The molecule has 2 aromatic rings. The zero-order valence-corrected chi connectivity index (χ0v) is 18.7. The minimum absolute atomic E-state index is 0. The van der Waals surface area contributed by atoms with E-state index in [0.717, 1.165) is 0 Å². The highest BCUT2D eigenvalue weighted by molar-refractivity contribution is 6.30. The Morgan fingerprint density at radius 2 is 2.09 bits per heavy atom. The average Bonchev–Trinajstić information content (AvgIpc) is 3.47. The van der Waals surface area contributed by atoms with E-state index >= 15 is 0 Å². The lowest BCUT2D eigenvalue weighted by atomic mass is 10.0. The summed E-state index contributed by atoms with van der Waals surface area (Å²) in [6.07, 6.45) is 1.79. The Kier molecular flexibility index (Phi) is 6.55. The lowest BCUT2D eigenvalue weighted by Gasteiger charge is -2.37. The third kappa shape index (κ3) is 3.64. The topological polar surface area (TPSA) is 112 Å². The second kappa shape index (κ2) is 8.73. The maximum Gasteiger partial charge on any atom is 0.274 e. The number of nitrogens with one attached hydrogen (secondary N) is 1. The second-order valence-electron chi connectivity index (χ2n) is 7.84. The molecule has 1 aliphatic heterocycles. The zero-order valence-electron chi connectivity index (χ0n) is 17.1. The molecule has 11 heteroatoms. The SMILES string of the molecule is CCN1C[C@@]2(C[C@H]2CO)n2cc(C(=O)NCc3cccc(Cl)c3F)c(=O)c(O)c2C1=O.Cl. The minimum Gasteiger partial charge on any atom is -0.503 e. The van der Waals surface area contributed by atoms with Crippen molar-refractivity contribution in [3.05, 3.63) is 62.3 Å². The Labute approximate surface area is 194 Å². The molecule has 0 saturated heterocycles. The molecule has 1 spiro atoms. The van der Waals surface area contributed by atoms with Crippen molar-refractivity contribution in [2.75, 3.05) is 19.7 Å². The van der Waals surface area contributed by atoms with Gasteiger partial charge in [0.05, 0.1) is 10.6 Å². The Morgan fingerprint density at radius 1 is 1.38 bits per heavy atom. The number of aliphatic hydroxyl groups excluding tert-OH is 1. The van der Waals surface area contributed by atoms with Gasteiger partial charge in [-0.3, -0.25) is 14.4 Å². The van der Waals surface area contributed by atoms with E-state index in [1.165, 1.54) is 33.9 Å². The van der Waals surface area contributed by atoms with Gasteiger partial charge in [-0.15, -0.1) is 12.4 Å². The number of hydrogen-bond acceptors (Lipinski definition) is 5. The molecular weight excluding hydrogens is 464 g/mol. The first kappa shape index (κ1) is 24.0. The second-order valence-corrected chi connectivity index (χ2v) is 8.25. The van der Waals surface area contributed by atoms with Crippen molar-refractivity contribution in [3.63, 3.8) is 0 Å². The fraction of sp³-hybridized carbons (Fsp3) is 0.381. The van der Waals surface area contributed by atoms with Crippen LogP contribution >= 0.6 is 24.0 Å². The summed E-state index contributed by atoms with van der Waals surface area (Å²) in [6, 6.07) is 4.35. The summed E-state index contributed by atoms with van der Waals surface area (Å²) in [5.41, 5.74) is -2.10. The monoisotopic (exact) mass is 485 g/mol. The van der Waals surface area contributed by atoms with Gasteiger partial charge in [-0.05, 0) is 19.4 Å². The zero-order chi connectivity index (χ0) is 22.5. The van der Waals surface area contributed by atoms with Gasteiger partial charge >= 0.3 is 0 Å². The first-order valence-corrected chi connectivity index (χ1v) is 10.2.